The zero-order chi connectivity index (χ0) is 26.7. The van der Waals surface area contributed by atoms with Crippen LogP contribution in [0.3, 0.4) is 0 Å². The van der Waals surface area contributed by atoms with E-state index < -0.39 is 23.5 Å². The number of benzene rings is 1. The van der Waals surface area contributed by atoms with Gasteiger partial charge in [-0.2, -0.15) is 0 Å². The maximum atomic E-state index is 14.2. The number of fused-ring (bicyclic) bond motifs is 1. The van der Waals surface area contributed by atoms with Crippen LogP contribution in [0, 0.1) is 12.7 Å². The van der Waals surface area contributed by atoms with Crippen LogP contribution in [0.4, 0.5) is 20.7 Å². The van der Waals surface area contributed by atoms with Crippen molar-refractivity contribution in [3.63, 3.8) is 0 Å². The molecule has 1 N–H and O–H groups in total. The molecule has 1 atom stereocenters. The van der Waals surface area contributed by atoms with E-state index in [-0.39, 0.29) is 12.7 Å². The first-order chi connectivity index (χ1) is 17.6. The van der Waals surface area contributed by atoms with E-state index in [2.05, 4.69) is 15.3 Å². The van der Waals surface area contributed by atoms with Gasteiger partial charge in [-0.05, 0) is 65.2 Å². The number of nitrogens with one attached hydrogen (secondary N) is 1. The lowest BCUT2D eigenvalue weighted by molar-refractivity contribution is 0.00780. The highest BCUT2D eigenvalue weighted by molar-refractivity contribution is 7.20. The van der Waals surface area contributed by atoms with E-state index in [9.17, 15) is 14.0 Å². The monoisotopic (exact) mass is 530 g/mol. The third-order valence-electron chi connectivity index (χ3n) is 5.71. The summed E-state index contributed by atoms with van der Waals surface area (Å²) in [6.45, 7) is 10.2. The Hall–Kier alpha value is -3.47. The summed E-state index contributed by atoms with van der Waals surface area (Å²) in [5.41, 5.74) is 0.603. The SMILES string of the molecule is CCOC(=O)c1sc2ncnc(Nc3ccc(F)cc3O[C@H]3CCCN(C(=O)OC(C)(C)C)C3)c2c1C. The Morgan fingerprint density at radius 3 is 2.78 bits per heavy atom. The van der Waals surface area contributed by atoms with Gasteiger partial charge in [-0.25, -0.2) is 23.9 Å². The minimum atomic E-state index is -0.597. The molecule has 1 aliphatic rings. The molecular weight excluding hydrogens is 499 g/mol. The first-order valence-electron chi connectivity index (χ1n) is 12.2. The van der Waals surface area contributed by atoms with Crippen LogP contribution in [0.15, 0.2) is 24.5 Å². The van der Waals surface area contributed by atoms with E-state index >= 15 is 0 Å². The van der Waals surface area contributed by atoms with Gasteiger partial charge in [-0.3, -0.25) is 0 Å². The maximum Gasteiger partial charge on any atom is 0.410 e. The summed E-state index contributed by atoms with van der Waals surface area (Å²) in [5, 5.41) is 3.91. The minimum absolute atomic E-state index is 0.270. The Bertz CT molecular complexity index is 1310. The molecule has 37 heavy (non-hydrogen) atoms. The Kier molecular flexibility index (Phi) is 7.82. The van der Waals surface area contributed by atoms with Crippen LogP contribution in [-0.4, -0.2) is 58.3 Å². The van der Waals surface area contributed by atoms with Gasteiger partial charge in [-0.1, -0.05) is 0 Å². The van der Waals surface area contributed by atoms with Gasteiger partial charge in [0.1, 0.15) is 45.1 Å². The second-order valence-corrected chi connectivity index (χ2v) is 10.8. The lowest BCUT2D eigenvalue weighted by Gasteiger charge is -2.34. The molecule has 0 spiro atoms. The Morgan fingerprint density at radius 2 is 2.05 bits per heavy atom. The second kappa shape index (κ2) is 10.9. The summed E-state index contributed by atoms with van der Waals surface area (Å²) < 4.78 is 31.1. The van der Waals surface area contributed by atoms with Gasteiger partial charge >= 0.3 is 12.1 Å². The van der Waals surface area contributed by atoms with E-state index in [4.69, 9.17) is 14.2 Å². The van der Waals surface area contributed by atoms with Gasteiger partial charge in [0, 0.05) is 12.6 Å². The summed E-state index contributed by atoms with van der Waals surface area (Å²) in [6, 6.07) is 4.20. The number of likely N-dealkylation sites (tertiary alicyclic amines) is 1. The van der Waals surface area contributed by atoms with Gasteiger partial charge in [0.15, 0.2) is 0 Å². The number of hydrogen-bond donors (Lipinski definition) is 1. The molecule has 0 bridgehead atoms. The van der Waals surface area contributed by atoms with Crippen molar-refractivity contribution in [3.8, 4) is 5.75 Å². The van der Waals surface area contributed by atoms with Crippen LogP contribution in [0.5, 0.6) is 5.75 Å². The number of nitrogens with zero attached hydrogens (tertiary/aromatic N) is 3. The molecule has 9 nitrogen and oxygen atoms in total. The third kappa shape index (κ3) is 6.27. The Balaban J connectivity index is 1.58. The number of rotatable bonds is 6. The molecule has 1 saturated heterocycles. The van der Waals surface area contributed by atoms with Gasteiger partial charge in [-0.15, -0.1) is 11.3 Å². The van der Waals surface area contributed by atoms with Crippen LogP contribution in [0.1, 0.15) is 55.8 Å². The van der Waals surface area contributed by atoms with Crippen LogP contribution in [0.2, 0.25) is 0 Å². The second-order valence-electron chi connectivity index (χ2n) is 9.75. The van der Waals surface area contributed by atoms with Crippen LogP contribution in [0.25, 0.3) is 10.2 Å². The van der Waals surface area contributed by atoms with Crippen molar-refractivity contribution in [2.24, 2.45) is 0 Å². The topological polar surface area (TPSA) is 103 Å². The van der Waals surface area contributed by atoms with Crippen LogP contribution < -0.4 is 10.1 Å². The van der Waals surface area contributed by atoms with E-state index in [0.717, 1.165) is 6.42 Å². The highest BCUT2D eigenvalue weighted by Gasteiger charge is 2.29. The fourth-order valence-corrected chi connectivity index (χ4v) is 5.13. The number of ether oxygens (including phenoxy) is 3. The number of aromatic nitrogens is 2. The van der Waals surface area contributed by atoms with Crippen LogP contribution >= 0.6 is 11.3 Å². The molecule has 4 rings (SSSR count). The van der Waals surface area contributed by atoms with Crippen molar-refractivity contribution in [1.29, 1.82) is 0 Å². The van der Waals surface area contributed by atoms with E-state index in [0.29, 0.717) is 57.4 Å². The average Bonchev–Trinajstić information content (AvgIpc) is 3.17. The summed E-state index contributed by atoms with van der Waals surface area (Å²) in [4.78, 5) is 36.3. The first kappa shape index (κ1) is 26.6. The highest BCUT2D eigenvalue weighted by atomic mass is 32.1. The van der Waals surface area contributed by atoms with Gasteiger partial charge < -0.3 is 24.4 Å². The Labute approximate surface area is 218 Å². The predicted octanol–water partition coefficient (Wildman–Crippen LogP) is 5.84. The molecule has 0 radical (unpaired) electrons. The molecule has 3 aromatic rings. The first-order valence-corrected chi connectivity index (χ1v) is 13.0. The maximum absolute atomic E-state index is 14.2. The zero-order valence-corrected chi connectivity index (χ0v) is 22.4. The summed E-state index contributed by atoms with van der Waals surface area (Å²) in [7, 11) is 0. The minimum Gasteiger partial charge on any atom is -0.486 e. The summed E-state index contributed by atoms with van der Waals surface area (Å²) in [5.74, 6) is -0.109. The predicted molar refractivity (Wildman–Crippen MR) is 139 cm³/mol. The number of aryl methyl sites for hydroxylation is 1. The Morgan fingerprint density at radius 1 is 1.27 bits per heavy atom. The molecule has 198 valence electrons. The summed E-state index contributed by atoms with van der Waals surface area (Å²) >= 11 is 1.23. The summed E-state index contributed by atoms with van der Waals surface area (Å²) in [6.07, 6.45) is 2.11. The fourth-order valence-electron chi connectivity index (χ4n) is 4.09. The van der Waals surface area contributed by atoms with Crippen molar-refractivity contribution in [2.45, 2.75) is 59.2 Å². The fraction of sp³-hybridized carbons (Fsp3) is 0.462. The molecule has 1 aromatic carbocycles. The van der Waals surface area contributed by atoms with Gasteiger partial charge in [0.2, 0.25) is 0 Å². The number of amides is 1. The van der Waals surface area contributed by atoms with Gasteiger partial charge in [0.05, 0.1) is 24.2 Å². The van der Waals surface area contributed by atoms with Crippen molar-refractivity contribution in [2.75, 3.05) is 25.0 Å². The van der Waals surface area contributed by atoms with Crippen molar-refractivity contribution >= 4 is 45.1 Å². The lowest BCUT2D eigenvalue weighted by atomic mass is 10.1. The third-order valence-corrected chi connectivity index (χ3v) is 6.89. The number of anilines is 2. The number of carbonyl (C=O) groups is 2. The van der Waals surface area contributed by atoms with Crippen LogP contribution in [-0.2, 0) is 9.47 Å². The molecule has 1 amide bonds. The number of piperidine rings is 1. The normalized spacial score (nSPS) is 15.9. The molecule has 0 aliphatic carbocycles. The number of hydrogen-bond acceptors (Lipinski definition) is 9. The number of carbonyl (C=O) groups excluding carboxylic acids is 2. The molecule has 2 aromatic heterocycles. The standard InChI is InChI=1S/C26H31FN4O5S/c1-6-34-24(32)21-15(2)20-22(28-14-29-23(20)37-21)30-18-10-9-16(27)12-19(18)35-17-8-7-11-31(13-17)25(33)36-26(3,4)5/h9-10,12,14,17H,6-8,11,13H2,1-5H3,(H,28,29,30)/t17-/m0/s1. The zero-order valence-electron chi connectivity index (χ0n) is 21.6. The lowest BCUT2D eigenvalue weighted by Crippen LogP contribution is -2.46. The number of esters is 1. The van der Waals surface area contributed by atoms with Crippen molar-refractivity contribution < 1.29 is 28.2 Å². The van der Waals surface area contributed by atoms with Gasteiger partial charge in [0.25, 0.3) is 0 Å². The molecular formula is C26H31FN4O5S. The van der Waals surface area contributed by atoms with Crippen molar-refractivity contribution in [3.05, 3.63) is 40.8 Å². The molecule has 0 unspecified atom stereocenters. The largest absolute Gasteiger partial charge is 0.486 e. The molecule has 11 heteroatoms. The van der Waals surface area contributed by atoms with E-state index in [1.807, 2.05) is 27.7 Å². The van der Waals surface area contributed by atoms with E-state index in [1.165, 1.54) is 29.8 Å². The smallest absolute Gasteiger partial charge is 0.410 e. The average molecular weight is 531 g/mol. The molecule has 3 heterocycles. The highest BCUT2D eigenvalue weighted by Crippen LogP contribution is 2.37. The molecule has 1 aliphatic heterocycles. The molecule has 0 saturated carbocycles. The quantitative estimate of drug-likeness (QED) is 0.397. The number of thiophene rings is 1. The van der Waals surface area contributed by atoms with Crippen molar-refractivity contribution in [1.82, 2.24) is 14.9 Å². The molecule has 1 fully saturated rings. The number of halogens is 1. The van der Waals surface area contributed by atoms with E-state index in [1.54, 1.807) is 17.9 Å².